The number of carbonyl (C=O) groups is 1. The van der Waals surface area contributed by atoms with Crippen LogP contribution in [0.25, 0.3) is 0 Å². The van der Waals surface area contributed by atoms with E-state index in [-0.39, 0.29) is 5.69 Å². The minimum absolute atomic E-state index is 0.0490. The van der Waals surface area contributed by atoms with Crippen LogP contribution in [0.4, 0.5) is 16.2 Å². The number of nitrogens with one attached hydrogen (secondary N) is 4. The van der Waals surface area contributed by atoms with Crippen LogP contribution in [0.1, 0.15) is 0 Å². The number of halogens is 1. The van der Waals surface area contributed by atoms with Crippen LogP contribution in [-0.2, 0) is 0 Å². The van der Waals surface area contributed by atoms with Crippen molar-refractivity contribution in [2.45, 2.75) is 0 Å². The maximum atomic E-state index is 11.6. The molecule has 0 atom stereocenters. The fourth-order valence-electron chi connectivity index (χ4n) is 1.35. The molecule has 1 heterocycles. The van der Waals surface area contributed by atoms with Crippen molar-refractivity contribution in [2.75, 3.05) is 10.6 Å². The smallest absolute Gasteiger partial charge is 0.312 e. The van der Waals surface area contributed by atoms with Crippen LogP contribution in [-0.4, -0.2) is 16.0 Å². The van der Waals surface area contributed by atoms with Gasteiger partial charge in [-0.15, -0.1) is 0 Å². The Morgan fingerprint density at radius 2 is 2.00 bits per heavy atom. The zero-order valence-corrected chi connectivity index (χ0v) is 11.1. The van der Waals surface area contributed by atoms with Crippen molar-refractivity contribution < 1.29 is 4.79 Å². The van der Waals surface area contributed by atoms with E-state index in [4.69, 9.17) is 0 Å². The number of rotatable bonds is 2. The normalized spacial score (nSPS) is 9.95. The summed E-state index contributed by atoms with van der Waals surface area (Å²) in [5, 5.41) is 4.87. The molecule has 1 aromatic carbocycles. The maximum Gasteiger partial charge on any atom is 0.325 e. The van der Waals surface area contributed by atoms with E-state index in [1.54, 1.807) is 18.2 Å². The Morgan fingerprint density at radius 1 is 1.21 bits per heavy atom. The molecule has 0 saturated heterocycles. The van der Waals surface area contributed by atoms with E-state index in [0.29, 0.717) is 5.69 Å². The number of urea groups is 1. The molecule has 0 aliphatic heterocycles. The van der Waals surface area contributed by atoms with Crippen LogP contribution >= 0.6 is 15.9 Å². The number of hydrogen-bond donors (Lipinski definition) is 4. The predicted octanol–water partition coefficient (Wildman–Crippen LogP) is 1.47. The van der Waals surface area contributed by atoms with Crippen LogP contribution in [0.15, 0.2) is 44.5 Å². The average molecular weight is 325 g/mol. The number of benzene rings is 1. The zero-order valence-electron chi connectivity index (χ0n) is 9.49. The van der Waals surface area contributed by atoms with Gasteiger partial charge in [-0.3, -0.25) is 9.78 Å². The summed E-state index contributed by atoms with van der Waals surface area (Å²) in [6, 6.07) is 6.39. The van der Waals surface area contributed by atoms with Crippen molar-refractivity contribution in [3.05, 3.63) is 55.8 Å². The molecule has 98 valence electrons. The lowest BCUT2D eigenvalue weighted by atomic mass is 10.3. The lowest BCUT2D eigenvalue weighted by Gasteiger charge is -2.06. The Labute approximate surface area is 115 Å². The fourth-order valence-corrected chi connectivity index (χ4v) is 1.75. The second kappa shape index (κ2) is 5.53. The molecule has 2 aromatic rings. The van der Waals surface area contributed by atoms with E-state index in [1.807, 2.05) is 11.1 Å². The number of anilines is 2. The van der Waals surface area contributed by atoms with Gasteiger partial charge in [0.15, 0.2) is 0 Å². The highest BCUT2D eigenvalue weighted by molar-refractivity contribution is 9.10. The first-order chi connectivity index (χ1) is 9.04. The van der Waals surface area contributed by atoms with E-state index in [2.05, 4.69) is 31.5 Å². The third-order valence-corrected chi connectivity index (χ3v) is 2.64. The summed E-state index contributed by atoms with van der Waals surface area (Å²) in [4.78, 5) is 38.1. The standard InChI is InChI=1S/C11H9BrN4O3/c12-6-2-1-3-7(4-6)14-11(19)15-8-5-13-10(18)16-9(8)17/h1-5H,(H2,14,15,19)(H2,13,16,17,18). The first kappa shape index (κ1) is 13.1. The molecule has 0 radical (unpaired) electrons. The summed E-state index contributed by atoms with van der Waals surface area (Å²) in [5.41, 5.74) is -0.795. The molecule has 0 aliphatic carbocycles. The molecule has 8 heteroatoms. The molecule has 7 nitrogen and oxygen atoms in total. The maximum absolute atomic E-state index is 11.6. The summed E-state index contributed by atoms with van der Waals surface area (Å²) in [6.07, 6.45) is 1.13. The van der Waals surface area contributed by atoms with Crippen LogP contribution in [0.3, 0.4) is 0 Å². The van der Waals surface area contributed by atoms with Gasteiger partial charge >= 0.3 is 11.7 Å². The summed E-state index contributed by atoms with van der Waals surface area (Å²) in [6.45, 7) is 0. The van der Waals surface area contributed by atoms with Crippen molar-refractivity contribution in [1.29, 1.82) is 0 Å². The van der Waals surface area contributed by atoms with Gasteiger partial charge in [-0.1, -0.05) is 22.0 Å². The zero-order chi connectivity index (χ0) is 13.8. The van der Waals surface area contributed by atoms with Crippen molar-refractivity contribution in [3.8, 4) is 0 Å². The molecule has 0 spiro atoms. The second-order valence-electron chi connectivity index (χ2n) is 3.58. The molecular weight excluding hydrogens is 316 g/mol. The van der Waals surface area contributed by atoms with Gasteiger partial charge in [-0.25, -0.2) is 9.59 Å². The quantitative estimate of drug-likeness (QED) is 0.671. The molecule has 2 amide bonds. The Morgan fingerprint density at radius 3 is 2.68 bits per heavy atom. The van der Waals surface area contributed by atoms with Crippen LogP contribution in [0.5, 0.6) is 0 Å². The third-order valence-electron chi connectivity index (χ3n) is 2.15. The fraction of sp³-hybridized carbons (Fsp3) is 0. The van der Waals surface area contributed by atoms with E-state index in [1.165, 1.54) is 0 Å². The first-order valence-corrected chi connectivity index (χ1v) is 5.99. The van der Waals surface area contributed by atoms with Crippen molar-refractivity contribution >= 4 is 33.3 Å². The van der Waals surface area contributed by atoms with Gasteiger partial charge in [0.25, 0.3) is 5.56 Å². The molecular formula is C11H9BrN4O3. The van der Waals surface area contributed by atoms with Gasteiger partial charge in [0.1, 0.15) is 5.69 Å². The van der Waals surface area contributed by atoms with Crippen molar-refractivity contribution in [3.63, 3.8) is 0 Å². The lowest BCUT2D eigenvalue weighted by Crippen LogP contribution is -2.28. The van der Waals surface area contributed by atoms with Gasteiger partial charge in [-0.05, 0) is 18.2 Å². The van der Waals surface area contributed by atoms with E-state index in [0.717, 1.165) is 10.7 Å². The Balaban J connectivity index is 2.09. The van der Waals surface area contributed by atoms with Crippen molar-refractivity contribution in [1.82, 2.24) is 9.97 Å². The number of amides is 2. The van der Waals surface area contributed by atoms with E-state index < -0.39 is 17.3 Å². The number of hydrogen-bond acceptors (Lipinski definition) is 3. The summed E-state index contributed by atoms with van der Waals surface area (Å²) >= 11 is 3.27. The van der Waals surface area contributed by atoms with Gasteiger partial charge in [0.05, 0.1) is 0 Å². The number of aromatic nitrogens is 2. The highest BCUT2D eigenvalue weighted by Crippen LogP contribution is 2.15. The molecule has 0 saturated carbocycles. The minimum Gasteiger partial charge on any atom is -0.312 e. The van der Waals surface area contributed by atoms with Gasteiger partial charge in [0, 0.05) is 16.4 Å². The summed E-state index contributed by atoms with van der Waals surface area (Å²) in [7, 11) is 0. The second-order valence-corrected chi connectivity index (χ2v) is 4.49. The number of aromatic amines is 2. The lowest BCUT2D eigenvalue weighted by molar-refractivity contribution is 0.262. The van der Waals surface area contributed by atoms with Gasteiger partial charge in [0.2, 0.25) is 0 Å². The van der Waals surface area contributed by atoms with Crippen LogP contribution in [0.2, 0.25) is 0 Å². The highest BCUT2D eigenvalue weighted by atomic mass is 79.9. The Bertz CT molecular complexity index is 722. The Hall–Kier alpha value is -2.35. The molecule has 2 rings (SSSR count). The van der Waals surface area contributed by atoms with Crippen molar-refractivity contribution in [2.24, 2.45) is 0 Å². The minimum atomic E-state index is -0.673. The van der Waals surface area contributed by atoms with Crippen LogP contribution < -0.4 is 21.9 Å². The van der Waals surface area contributed by atoms with E-state index in [9.17, 15) is 14.4 Å². The Kier molecular flexibility index (Phi) is 3.81. The molecule has 0 bridgehead atoms. The molecule has 19 heavy (non-hydrogen) atoms. The first-order valence-electron chi connectivity index (χ1n) is 5.20. The molecule has 1 aromatic heterocycles. The largest absolute Gasteiger partial charge is 0.325 e. The van der Waals surface area contributed by atoms with Gasteiger partial charge < -0.3 is 15.6 Å². The summed E-state index contributed by atoms with van der Waals surface area (Å²) in [5.74, 6) is 0. The molecule has 4 N–H and O–H groups in total. The SMILES string of the molecule is O=C(Nc1cccc(Br)c1)Nc1c[nH]c(=O)[nH]c1=O. The molecule has 0 aliphatic rings. The predicted molar refractivity (Wildman–Crippen MR) is 74.5 cm³/mol. The summed E-state index contributed by atoms with van der Waals surface area (Å²) < 4.78 is 0.812. The average Bonchev–Trinajstić information content (AvgIpc) is 2.33. The van der Waals surface area contributed by atoms with Gasteiger partial charge in [-0.2, -0.15) is 0 Å². The third kappa shape index (κ3) is 3.55. The number of carbonyl (C=O) groups excluding carboxylic acids is 1. The van der Waals surface area contributed by atoms with Crippen LogP contribution in [0, 0.1) is 0 Å². The molecule has 0 unspecified atom stereocenters. The number of H-pyrrole nitrogens is 2. The monoisotopic (exact) mass is 324 g/mol. The highest BCUT2D eigenvalue weighted by Gasteiger charge is 2.06. The van der Waals surface area contributed by atoms with E-state index >= 15 is 0 Å². The molecule has 0 fully saturated rings. The topological polar surface area (TPSA) is 107 Å².